The van der Waals surface area contributed by atoms with E-state index in [9.17, 15) is 28.8 Å². The van der Waals surface area contributed by atoms with Crippen LogP contribution in [0.3, 0.4) is 0 Å². The van der Waals surface area contributed by atoms with E-state index in [1.165, 1.54) is 18.9 Å². The number of esters is 3. The van der Waals surface area contributed by atoms with Crippen molar-refractivity contribution in [1.82, 2.24) is 5.32 Å². The van der Waals surface area contributed by atoms with E-state index in [1.54, 1.807) is 6.92 Å². The number of rotatable bonds is 7. The number of amides is 1. The molecule has 0 radical (unpaired) electrons. The van der Waals surface area contributed by atoms with Gasteiger partial charge in [-0.15, -0.1) is 11.8 Å². The van der Waals surface area contributed by atoms with Crippen LogP contribution in [0.1, 0.15) is 52.4 Å². The topological polar surface area (TPSA) is 142 Å². The molecule has 188 valence electrons. The lowest BCUT2D eigenvalue weighted by Gasteiger charge is -2.48. The summed E-state index contributed by atoms with van der Waals surface area (Å²) in [4.78, 5) is 74.6. The van der Waals surface area contributed by atoms with Crippen molar-refractivity contribution in [2.24, 2.45) is 17.3 Å². The smallest absolute Gasteiger partial charge is 0.328 e. The Hall–Kier alpha value is -2.43. The Bertz CT molecular complexity index is 905. The fourth-order valence-electron chi connectivity index (χ4n) is 5.54. The molecule has 10 nitrogen and oxygen atoms in total. The molecule has 3 rings (SSSR count). The first kappa shape index (κ1) is 26.2. The number of ether oxygens (including phenoxy) is 3. The molecule has 2 heterocycles. The van der Waals surface area contributed by atoms with Crippen molar-refractivity contribution in [2.75, 3.05) is 20.0 Å². The third-order valence-electron chi connectivity index (χ3n) is 7.32. The van der Waals surface area contributed by atoms with Gasteiger partial charge in [0.25, 0.3) is 0 Å². The first-order valence-electron chi connectivity index (χ1n) is 11.3. The molecule has 3 aliphatic rings. The van der Waals surface area contributed by atoms with Gasteiger partial charge in [-0.05, 0) is 25.7 Å². The Morgan fingerprint density at radius 2 is 1.88 bits per heavy atom. The first-order chi connectivity index (χ1) is 15.9. The van der Waals surface area contributed by atoms with Crippen LogP contribution in [0.15, 0.2) is 0 Å². The van der Waals surface area contributed by atoms with E-state index in [-0.39, 0.29) is 48.4 Å². The summed E-state index contributed by atoms with van der Waals surface area (Å²) >= 11 is 1.54. The lowest BCUT2D eigenvalue weighted by molar-refractivity contribution is -0.169. The molecule has 1 N–H and O–H groups in total. The van der Waals surface area contributed by atoms with Crippen LogP contribution in [0.25, 0.3) is 0 Å². The maximum atomic E-state index is 13.3. The second kappa shape index (κ2) is 10.1. The molecule has 2 aliphatic heterocycles. The van der Waals surface area contributed by atoms with Crippen LogP contribution in [-0.2, 0) is 43.0 Å². The van der Waals surface area contributed by atoms with Gasteiger partial charge in [-0.25, -0.2) is 4.79 Å². The zero-order valence-electron chi connectivity index (χ0n) is 19.8. The van der Waals surface area contributed by atoms with Gasteiger partial charge in [0.2, 0.25) is 5.91 Å². The standard InChI is InChI=1S/C23H31NO9S/c1-22-10-14(25)19-12(20(22)34-11-15(22)26)5-6-17(28)33-23(19,2)8-7-16(27)24-13(21(30)32-4)9-18(29)31-3/h12-13,19-20H,5-11H2,1-4H3,(H,24,27)/t12-,13+,19-,20+,22-,23-/m1/s1. The molecule has 2 saturated heterocycles. The van der Waals surface area contributed by atoms with Gasteiger partial charge in [-0.3, -0.25) is 24.0 Å². The van der Waals surface area contributed by atoms with Gasteiger partial charge < -0.3 is 19.5 Å². The maximum Gasteiger partial charge on any atom is 0.328 e. The van der Waals surface area contributed by atoms with Crippen LogP contribution in [0.2, 0.25) is 0 Å². The second-order valence-electron chi connectivity index (χ2n) is 9.61. The van der Waals surface area contributed by atoms with E-state index in [0.717, 1.165) is 7.11 Å². The molecular formula is C23H31NO9S. The number of Topliss-reactive ketones (excluding diaryl/α,β-unsaturated/α-hetero) is 2. The monoisotopic (exact) mass is 497 g/mol. The van der Waals surface area contributed by atoms with Crippen molar-refractivity contribution in [3.8, 4) is 0 Å². The molecule has 0 aromatic rings. The summed E-state index contributed by atoms with van der Waals surface area (Å²) in [5.74, 6) is -3.06. The number of cyclic esters (lactones) is 1. The van der Waals surface area contributed by atoms with Gasteiger partial charge >= 0.3 is 17.9 Å². The summed E-state index contributed by atoms with van der Waals surface area (Å²) in [6.07, 6.45) is 0.181. The van der Waals surface area contributed by atoms with Gasteiger partial charge in [0.05, 0.1) is 32.3 Å². The zero-order valence-corrected chi connectivity index (χ0v) is 20.7. The minimum atomic E-state index is -1.23. The average molecular weight is 498 g/mol. The molecule has 1 saturated carbocycles. The van der Waals surface area contributed by atoms with Crippen LogP contribution in [0.4, 0.5) is 0 Å². The van der Waals surface area contributed by atoms with E-state index >= 15 is 0 Å². The molecule has 34 heavy (non-hydrogen) atoms. The number of ketones is 2. The van der Waals surface area contributed by atoms with Crippen molar-refractivity contribution in [3.63, 3.8) is 0 Å². The van der Waals surface area contributed by atoms with Crippen molar-refractivity contribution in [2.45, 2.75) is 69.3 Å². The summed E-state index contributed by atoms with van der Waals surface area (Å²) in [6, 6.07) is -1.22. The highest BCUT2D eigenvalue weighted by molar-refractivity contribution is 8.01. The van der Waals surface area contributed by atoms with Crippen LogP contribution in [0.5, 0.6) is 0 Å². The fraction of sp³-hybridized carbons (Fsp3) is 0.739. The predicted molar refractivity (Wildman–Crippen MR) is 120 cm³/mol. The van der Waals surface area contributed by atoms with E-state index < -0.39 is 53.2 Å². The van der Waals surface area contributed by atoms with E-state index in [2.05, 4.69) is 14.8 Å². The number of methoxy groups -OCH3 is 2. The first-order valence-corrected chi connectivity index (χ1v) is 12.3. The number of carbonyl (C=O) groups excluding carboxylic acids is 6. The Morgan fingerprint density at radius 1 is 1.18 bits per heavy atom. The summed E-state index contributed by atoms with van der Waals surface area (Å²) in [5.41, 5.74) is -1.97. The molecule has 1 aliphatic carbocycles. The van der Waals surface area contributed by atoms with Gasteiger partial charge in [-0.2, -0.15) is 0 Å². The Balaban J connectivity index is 1.77. The minimum absolute atomic E-state index is 0.0473. The molecule has 0 aromatic heterocycles. The van der Waals surface area contributed by atoms with Crippen molar-refractivity contribution < 1.29 is 43.0 Å². The van der Waals surface area contributed by atoms with Crippen LogP contribution in [0, 0.1) is 17.3 Å². The highest BCUT2D eigenvalue weighted by Crippen LogP contribution is 2.57. The number of carbonyl (C=O) groups is 6. The molecular weight excluding hydrogens is 466 g/mol. The Kier molecular flexibility index (Phi) is 7.74. The zero-order chi connectivity index (χ0) is 25.3. The number of fused-ring (bicyclic) bond motifs is 3. The summed E-state index contributed by atoms with van der Waals surface area (Å²) in [7, 11) is 2.30. The molecule has 0 bridgehead atoms. The minimum Gasteiger partial charge on any atom is -0.469 e. The second-order valence-corrected chi connectivity index (χ2v) is 10.7. The van der Waals surface area contributed by atoms with Crippen molar-refractivity contribution in [3.05, 3.63) is 0 Å². The summed E-state index contributed by atoms with van der Waals surface area (Å²) in [6.45, 7) is 3.50. The number of thioether (sulfide) groups is 1. The Morgan fingerprint density at radius 3 is 2.53 bits per heavy atom. The molecule has 0 aromatic carbocycles. The van der Waals surface area contributed by atoms with Gasteiger partial charge in [0, 0.05) is 29.9 Å². The number of nitrogens with one attached hydrogen (secondary N) is 1. The van der Waals surface area contributed by atoms with Gasteiger partial charge in [-0.1, -0.05) is 6.92 Å². The number of hydrogen-bond acceptors (Lipinski definition) is 10. The maximum absolute atomic E-state index is 13.3. The molecule has 0 unspecified atom stereocenters. The lowest BCUT2D eigenvalue weighted by atomic mass is 9.58. The third kappa shape index (κ3) is 4.99. The molecule has 11 heteroatoms. The molecule has 6 atom stereocenters. The van der Waals surface area contributed by atoms with Crippen LogP contribution in [-0.4, -0.2) is 72.2 Å². The van der Waals surface area contributed by atoms with E-state index in [4.69, 9.17) is 4.74 Å². The van der Waals surface area contributed by atoms with Crippen LogP contribution >= 0.6 is 11.8 Å². The molecule has 0 spiro atoms. The van der Waals surface area contributed by atoms with Gasteiger partial charge in [0.15, 0.2) is 0 Å². The van der Waals surface area contributed by atoms with E-state index in [1.807, 2.05) is 6.92 Å². The van der Waals surface area contributed by atoms with Crippen LogP contribution < -0.4 is 5.32 Å². The van der Waals surface area contributed by atoms with Gasteiger partial charge in [0.1, 0.15) is 23.2 Å². The number of hydrogen-bond donors (Lipinski definition) is 1. The highest BCUT2D eigenvalue weighted by atomic mass is 32.2. The van der Waals surface area contributed by atoms with Crippen molar-refractivity contribution >= 4 is 47.1 Å². The summed E-state index contributed by atoms with van der Waals surface area (Å²) < 4.78 is 15.0. The molecule has 3 fully saturated rings. The lowest BCUT2D eigenvalue weighted by Crippen LogP contribution is -2.56. The highest BCUT2D eigenvalue weighted by Gasteiger charge is 2.62. The third-order valence-corrected chi connectivity index (χ3v) is 8.98. The van der Waals surface area contributed by atoms with E-state index in [0.29, 0.717) is 12.2 Å². The SMILES string of the molecule is COC(=O)C[C@H](NC(=O)CC[C@@]1(C)OC(=O)CC[C@@H]2[C@@H]1C(=O)C[C@]1(C)C(=O)CS[C@@H]21)C(=O)OC. The molecule has 1 amide bonds. The average Bonchev–Trinajstić information content (AvgIpc) is 2.99. The van der Waals surface area contributed by atoms with Crippen molar-refractivity contribution in [1.29, 1.82) is 0 Å². The largest absolute Gasteiger partial charge is 0.469 e. The predicted octanol–water partition coefficient (Wildman–Crippen LogP) is 0.979. The summed E-state index contributed by atoms with van der Waals surface area (Å²) in [5, 5.41) is 2.37. The Labute approximate surface area is 202 Å². The quantitative estimate of drug-likeness (QED) is 0.399. The fourth-order valence-corrected chi connectivity index (χ4v) is 7.33. The normalized spacial score (nSPS) is 33.6.